The summed E-state index contributed by atoms with van der Waals surface area (Å²) in [7, 11) is 0. The van der Waals surface area contributed by atoms with Gasteiger partial charge in [0.2, 0.25) is 0 Å². The van der Waals surface area contributed by atoms with E-state index in [1.807, 2.05) is 0 Å². The first kappa shape index (κ1) is 20.5. The molecule has 0 bridgehead atoms. The fraction of sp³-hybridized carbons (Fsp3) is 0.720. The largest absolute Gasteiger partial charge is 0.0654 e. The van der Waals surface area contributed by atoms with Crippen molar-refractivity contribution in [3.8, 4) is 0 Å². The molecule has 0 heteroatoms. The molecule has 1 aromatic rings. The first-order chi connectivity index (χ1) is 12.2. The lowest BCUT2D eigenvalue weighted by molar-refractivity contribution is 0.302. The number of benzene rings is 1. The molecular formula is C25H41. The third-order valence-corrected chi connectivity index (χ3v) is 6.56. The first-order valence-electron chi connectivity index (χ1n) is 11.1. The van der Waals surface area contributed by atoms with Gasteiger partial charge in [-0.1, -0.05) is 64.7 Å². The standard InChI is InChI=1S/C25H41/c1-5-8-10-11-21-13-15-23(16-14-21)25-18-17-24(19-20(25)4)22(7-3)12-9-6-2/h6,17-19,21-23H,5,7-16H2,1-4H3/t21-,22?,23-. The van der Waals surface area contributed by atoms with Crippen LogP contribution in [-0.2, 0) is 0 Å². The molecule has 1 aliphatic carbocycles. The van der Waals surface area contributed by atoms with Crippen LogP contribution in [0.3, 0.4) is 0 Å². The molecule has 25 heavy (non-hydrogen) atoms. The van der Waals surface area contributed by atoms with Crippen molar-refractivity contribution in [1.29, 1.82) is 0 Å². The van der Waals surface area contributed by atoms with Crippen molar-refractivity contribution in [1.82, 2.24) is 0 Å². The molecular weight excluding hydrogens is 300 g/mol. The lowest BCUT2D eigenvalue weighted by atomic mass is 9.75. The van der Waals surface area contributed by atoms with Gasteiger partial charge < -0.3 is 0 Å². The number of rotatable bonds is 10. The molecule has 0 amide bonds. The van der Waals surface area contributed by atoms with Crippen LogP contribution < -0.4 is 0 Å². The van der Waals surface area contributed by atoms with Crippen LogP contribution in [-0.4, -0.2) is 0 Å². The molecule has 0 N–H and O–H groups in total. The average Bonchev–Trinajstić information content (AvgIpc) is 2.63. The maximum Gasteiger partial charge on any atom is -0.0159 e. The van der Waals surface area contributed by atoms with Gasteiger partial charge in [-0.05, 0) is 92.7 Å². The summed E-state index contributed by atoms with van der Waals surface area (Å²) in [4.78, 5) is 0. The van der Waals surface area contributed by atoms with Crippen molar-refractivity contribution in [3.05, 3.63) is 41.3 Å². The fourth-order valence-corrected chi connectivity index (χ4v) is 4.83. The summed E-state index contributed by atoms with van der Waals surface area (Å²) >= 11 is 0. The summed E-state index contributed by atoms with van der Waals surface area (Å²) in [6, 6.07) is 7.43. The highest BCUT2D eigenvalue weighted by atomic mass is 14.3. The fourth-order valence-electron chi connectivity index (χ4n) is 4.83. The molecule has 1 saturated carbocycles. The lowest BCUT2D eigenvalue weighted by Gasteiger charge is -2.30. The monoisotopic (exact) mass is 341 g/mol. The topological polar surface area (TPSA) is 0 Å². The van der Waals surface area contributed by atoms with Gasteiger partial charge in [0.25, 0.3) is 0 Å². The van der Waals surface area contributed by atoms with Crippen molar-refractivity contribution >= 4 is 0 Å². The second kappa shape index (κ2) is 11.0. The van der Waals surface area contributed by atoms with Crippen LogP contribution in [0.15, 0.2) is 18.2 Å². The molecule has 1 aliphatic rings. The third-order valence-electron chi connectivity index (χ3n) is 6.56. The van der Waals surface area contributed by atoms with Crippen molar-refractivity contribution in [2.75, 3.05) is 0 Å². The van der Waals surface area contributed by atoms with Crippen molar-refractivity contribution < 1.29 is 0 Å². The molecule has 0 saturated heterocycles. The van der Waals surface area contributed by atoms with E-state index >= 15 is 0 Å². The summed E-state index contributed by atoms with van der Waals surface area (Å²) < 4.78 is 0. The van der Waals surface area contributed by atoms with E-state index in [0.29, 0.717) is 0 Å². The van der Waals surface area contributed by atoms with Gasteiger partial charge in [-0.3, -0.25) is 0 Å². The molecule has 0 spiro atoms. The van der Waals surface area contributed by atoms with Crippen molar-refractivity contribution in [2.24, 2.45) is 5.92 Å². The summed E-state index contributed by atoms with van der Waals surface area (Å²) in [6.07, 6.45) is 17.6. The van der Waals surface area contributed by atoms with Gasteiger partial charge in [-0.15, -0.1) is 0 Å². The van der Waals surface area contributed by atoms with Crippen LogP contribution in [0.2, 0.25) is 0 Å². The van der Waals surface area contributed by atoms with Crippen LogP contribution in [0.25, 0.3) is 0 Å². The van der Waals surface area contributed by atoms with Crippen LogP contribution in [0.5, 0.6) is 0 Å². The zero-order chi connectivity index (χ0) is 18.1. The second-order valence-electron chi connectivity index (χ2n) is 8.42. The lowest BCUT2D eigenvalue weighted by Crippen LogP contribution is -2.14. The van der Waals surface area contributed by atoms with E-state index in [-0.39, 0.29) is 0 Å². The Labute approximate surface area is 157 Å². The van der Waals surface area contributed by atoms with Gasteiger partial charge in [0.05, 0.1) is 0 Å². The van der Waals surface area contributed by atoms with E-state index in [1.54, 1.807) is 16.7 Å². The molecule has 1 atom stereocenters. The Morgan fingerprint density at radius 3 is 2.44 bits per heavy atom. The van der Waals surface area contributed by atoms with Gasteiger partial charge in [0, 0.05) is 0 Å². The number of aryl methyl sites for hydroxylation is 1. The van der Waals surface area contributed by atoms with E-state index < -0.39 is 0 Å². The number of hydrogen-bond donors (Lipinski definition) is 0. The third kappa shape index (κ3) is 6.15. The van der Waals surface area contributed by atoms with Crippen LogP contribution in [0, 0.1) is 19.3 Å². The highest BCUT2D eigenvalue weighted by Crippen LogP contribution is 2.39. The summed E-state index contributed by atoms with van der Waals surface area (Å²) in [5, 5.41) is 0. The molecule has 1 fully saturated rings. The van der Waals surface area contributed by atoms with E-state index in [2.05, 4.69) is 52.3 Å². The number of hydrogen-bond acceptors (Lipinski definition) is 0. The Hall–Kier alpha value is -0.780. The SMILES string of the molecule is C[CH]CCC(CC)c1ccc([C@H]2CC[C@H](CCCCC)CC2)c(C)c1. The summed E-state index contributed by atoms with van der Waals surface area (Å²) in [6.45, 7) is 9.18. The van der Waals surface area contributed by atoms with Crippen LogP contribution >= 0.6 is 0 Å². The maximum atomic E-state index is 2.51. The number of unbranched alkanes of at least 4 members (excludes halogenated alkanes) is 3. The normalized spacial score (nSPS) is 22.1. The Morgan fingerprint density at radius 1 is 1.08 bits per heavy atom. The predicted octanol–water partition coefficient (Wildman–Crippen LogP) is 8.35. The van der Waals surface area contributed by atoms with E-state index in [4.69, 9.17) is 0 Å². The Morgan fingerprint density at radius 2 is 1.84 bits per heavy atom. The van der Waals surface area contributed by atoms with Gasteiger partial charge >= 0.3 is 0 Å². The zero-order valence-corrected chi connectivity index (χ0v) is 17.3. The molecule has 141 valence electrons. The minimum absolute atomic E-state index is 0.734. The Balaban J connectivity index is 1.92. The Kier molecular flexibility index (Phi) is 9.07. The Bertz CT molecular complexity index is 479. The van der Waals surface area contributed by atoms with Gasteiger partial charge in [0.15, 0.2) is 0 Å². The zero-order valence-electron chi connectivity index (χ0n) is 17.3. The molecule has 1 radical (unpaired) electrons. The molecule has 1 unspecified atom stereocenters. The molecule has 0 heterocycles. The van der Waals surface area contributed by atoms with Crippen molar-refractivity contribution in [2.45, 2.75) is 110 Å². The minimum atomic E-state index is 0.734. The van der Waals surface area contributed by atoms with Gasteiger partial charge in [0.1, 0.15) is 0 Å². The van der Waals surface area contributed by atoms with Crippen LogP contribution in [0.1, 0.15) is 120 Å². The van der Waals surface area contributed by atoms with Crippen LogP contribution in [0.4, 0.5) is 0 Å². The molecule has 1 aromatic carbocycles. The molecule has 0 aromatic heterocycles. The first-order valence-corrected chi connectivity index (χ1v) is 11.1. The predicted molar refractivity (Wildman–Crippen MR) is 112 cm³/mol. The summed E-state index contributed by atoms with van der Waals surface area (Å²) in [5.41, 5.74) is 4.76. The average molecular weight is 342 g/mol. The highest BCUT2D eigenvalue weighted by Gasteiger charge is 2.23. The quantitative estimate of drug-likeness (QED) is 0.375. The van der Waals surface area contributed by atoms with E-state index in [1.165, 1.54) is 70.6 Å². The smallest absolute Gasteiger partial charge is 0.0159 e. The van der Waals surface area contributed by atoms with E-state index in [0.717, 1.165) is 17.8 Å². The second-order valence-corrected chi connectivity index (χ2v) is 8.42. The molecule has 2 rings (SSSR count). The van der Waals surface area contributed by atoms with Gasteiger partial charge in [-0.2, -0.15) is 0 Å². The molecule has 0 aliphatic heterocycles. The molecule has 0 nitrogen and oxygen atoms in total. The highest BCUT2D eigenvalue weighted by molar-refractivity contribution is 5.35. The summed E-state index contributed by atoms with van der Waals surface area (Å²) in [5.74, 6) is 2.57. The van der Waals surface area contributed by atoms with Crippen molar-refractivity contribution in [3.63, 3.8) is 0 Å². The minimum Gasteiger partial charge on any atom is -0.0654 e. The van der Waals surface area contributed by atoms with Gasteiger partial charge in [-0.25, -0.2) is 0 Å². The van der Waals surface area contributed by atoms with E-state index in [9.17, 15) is 0 Å². The maximum absolute atomic E-state index is 2.51.